The minimum Gasteiger partial charge on any atom is -0.352 e. The Balaban J connectivity index is 3.08. The molecule has 0 fully saturated rings. The van der Waals surface area contributed by atoms with Crippen LogP contribution in [0, 0.1) is 5.92 Å². The van der Waals surface area contributed by atoms with Crippen LogP contribution in [-0.4, -0.2) is 24.3 Å². The molecule has 0 aromatic heterocycles. The Labute approximate surface area is 154 Å². The lowest BCUT2D eigenvalue weighted by atomic mass is 10.1. The van der Waals surface area contributed by atoms with Gasteiger partial charge in [0.15, 0.2) is 0 Å². The Kier molecular flexibility index (Phi) is 7.77. The van der Waals surface area contributed by atoms with E-state index in [-0.39, 0.29) is 17.7 Å². The van der Waals surface area contributed by atoms with Crippen LogP contribution in [0.3, 0.4) is 0 Å². The highest BCUT2D eigenvalue weighted by Gasteiger charge is 2.12. The molecule has 1 aromatic carbocycles. The van der Waals surface area contributed by atoms with Crippen molar-refractivity contribution < 1.29 is 14.4 Å². The summed E-state index contributed by atoms with van der Waals surface area (Å²) < 4.78 is 0. The summed E-state index contributed by atoms with van der Waals surface area (Å²) in [6, 6.07) is 4.69. The van der Waals surface area contributed by atoms with Crippen molar-refractivity contribution >= 4 is 29.1 Å². The fourth-order valence-corrected chi connectivity index (χ4v) is 1.96. The Morgan fingerprint density at radius 3 is 1.77 bits per heavy atom. The van der Waals surface area contributed by atoms with Crippen LogP contribution in [0.1, 0.15) is 44.5 Å². The van der Waals surface area contributed by atoms with E-state index in [0.717, 1.165) is 6.42 Å². The van der Waals surface area contributed by atoms with Gasteiger partial charge >= 0.3 is 0 Å². The van der Waals surface area contributed by atoms with Crippen molar-refractivity contribution in [1.82, 2.24) is 5.32 Å². The number of amides is 3. The highest BCUT2D eigenvalue weighted by Crippen LogP contribution is 2.20. The van der Waals surface area contributed by atoms with Crippen molar-refractivity contribution in [2.24, 2.45) is 5.92 Å². The first-order valence-corrected chi connectivity index (χ1v) is 8.47. The van der Waals surface area contributed by atoms with Crippen LogP contribution in [0.5, 0.6) is 0 Å². The summed E-state index contributed by atoms with van der Waals surface area (Å²) in [4.78, 5) is 36.1. The first kappa shape index (κ1) is 21.2. The van der Waals surface area contributed by atoms with Gasteiger partial charge in [-0.3, -0.25) is 14.4 Å². The van der Waals surface area contributed by atoms with Crippen molar-refractivity contribution in [1.29, 1.82) is 0 Å². The van der Waals surface area contributed by atoms with Gasteiger partial charge in [0.25, 0.3) is 17.7 Å². The van der Waals surface area contributed by atoms with Gasteiger partial charge in [-0.1, -0.05) is 27.0 Å². The normalized spacial score (nSPS) is 10.2. The molecule has 0 heterocycles. The van der Waals surface area contributed by atoms with Crippen LogP contribution in [-0.2, 0) is 9.59 Å². The molecule has 140 valence electrons. The van der Waals surface area contributed by atoms with Crippen molar-refractivity contribution in [3.8, 4) is 0 Å². The molecule has 0 spiro atoms. The highest BCUT2D eigenvalue weighted by molar-refractivity contribution is 6.06. The maximum atomic E-state index is 12.4. The van der Waals surface area contributed by atoms with E-state index >= 15 is 0 Å². The second kappa shape index (κ2) is 9.56. The van der Waals surface area contributed by atoms with E-state index in [1.165, 1.54) is 0 Å². The van der Waals surface area contributed by atoms with Crippen LogP contribution in [0.4, 0.5) is 11.4 Å². The average molecular weight is 357 g/mol. The minimum absolute atomic E-state index is 0.275. The highest BCUT2D eigenvalue weighted by atomic mass is 16.2. The van der Waals surface area contributed by atoms with Gasteiger partial charge < -0.3 is 16.0 Å². The first-order chi connectivity index (χ1) is 12.1. The summed E-state index contributed by atoms with van der Waals surface area (Å²) in [7, 11) is 0. The molecule has 0 unspecified atom stereocenters. The Morgan fingerprint density at radius 2 is 1.38 bits per heavy atom. The van der Waals surface area contributed by atoms with Gasteiger partial charge in [0.2, 0.25) is 0 Å². The molecular formula is C20H27N3O3. The maximum Gasteiger partial charge on any atom is 0.251 e. The van der Waals surface area contributed by atoms with Crippen LogP contribution in [0.2, 0.25) is 0 Å². The lowest BCUT2D eigenvalue weighted by Gasteiger charge is -2.13. The maximum absolute atomic E-state index is 12.4. The van der Waals surface area contributed by atoms with Crippen molar-refractivity contribution in [2.75, 3.05) is 17.2 Å². The van der Waals surface area contributed by atoms with E-state index in [2.05, 4.69) is 43.0 Å². The van der Waals surface area contributed by atoms with Crippen LogP contribution in [0.25, 0.3) is 0 Å². The Morgan fingerprint density at radius 1 is 0.923 bits per heavy atom. The number of hydrogen-bond donors (Lipinski definition) is 3. The van der Waals surface area contributed by atoms with E-state index in [1.807, 2.05) is 0 Å². The number of hydrogen-bond acceptors (Lipinski definition) is 3. The number of nitrogens with one attached hydrogen (secondary N) is 3. The molecule has 26 heavy (non-hydrogen) atoms. The van der Waals surface area contributed by atoms with Gasteiger partial charge in [0, 0.05) is 34.6 Å². The molecule has 0 saturated carbocycles. The van der Waals surface area contributed by atoms with Gasteiger partial charge in [0.1, 0.15) is 0 Å². The van der Waals surface area contributed by atoms with Crippen molar-refractivity contribution in [2.45, 2.75) is 34.1 Å². The largest absolute Gasteiger partial charge is 0.352 e. The molecule has 3 N–H and O–H groups in total. The average Bonchev–Trinajstić information content (AvgIpc) is 2.53. The first-order valence-electron chi connectivity index (χ1n) is 8.47. The fourth-order valence-electron chi connectivity index (χ4n) is 1.96. The lowest BCUT2D eigenvalue weighted by molar-refractivity contribution is -0.113. The molecule has 0 radical (unpaired) electrons. The van der Waals surface area contributed by atoms with E-state index in [0.29, 0.717) is 40.5 Å². The molecule has 0 aliphatic carbocycles. The number of anilines is 2. The second-order valence-electron chi connectivity index (χ2n) is 6.71. The topological polar surface area (TPSA) is 87.3 Å². The summed E-state index contributed by atoms with van der Waals surface area (Å²) in [6.07, 6.45) is 0.858. The Hall–Kier alpha value is -2.89. The molecular weight excluding hydrogens is 330 g/mol. The molecule has 6 nitrogen and oxygen atoms in total. The minimum atomic E-state index is -0.362. The van der Waals surface area contributed by atoms with Gasteiger partial charge in [-0.25, -0.2) is 0 Å². The zero-order chi connectivity index (χ0) is 19.9. The molecule has 6 heteroatoms. The van der Waals surface area contributed by atoms with Gasteiger partial charge in [-0.2, -0.15) is 0 Å². The van der Waals surface area contributed by atoms with Crippen LogP contribution >= 0.6 is 0 Å². The molecule has 1 rings (SSSR count). The lowest BCUT2D eigenvalue weighted by Crippen LogP contribution is -2.26. The summed E-state index contributed by atoms with van der Waals surface area (Å²) in [5.74, 6) is -0.524. The van der Waals surface area contributed by atoms with Crippen molar-refractivity contribution in [3.05, 3.63) is 48.1 Å². The van der Waals surface area contributed by atoms with Gasteiger partial charge in [-0.15, -0.1) is 0 Å². The predicted octanol–water partition coefficient (Wildman–Crippen LogP) is 3.49. The number of benzene rings is 1. The van der Waals surface area contributed by atoms with Crippen molar-refractivity contribution in [3.63, 3.8) is 0 Å². The number of rotatable bonds is 8. The van der Waals surface area contributed by atoms with Gasteiger partial charge in [0.05, 0.1) is 0 Å². The second-order valence-corrected chi connectivity index (χ2v) is 6.71. The SMILES string of the molecule is C=C(C)C(=O)Nc1cc(NC(=O)C(=C)C)cc(C(=O)NCCC(C)C)c1. The summed E-state index contributed by atoms with van der Waals surface area (Å²) >= 11 is 0. The molecule has 0 bridgehead atoms. The molecule has 0 atom stereocenters. The van der Waals surface area contributed by atoms with Crippen LogP contribution in [0.15, 0.2) is 42.5 Å². The van der Waals surface area contributed by atoms with E-state index in [1.54, 1.807) is 32.0 Å². The van der Waals surface area contributed by atoms with E-state index in [9.17, 15) is 14.4 Å². The van der Waals surface area contributed by atoms with Gasteiger partial charge in [-0.05, 0) is 44.4 Å². The molecule has 0 aliphatic rings. The van der Waals surface area contributed by atoms with E-state index < -0.39 is 0 Å². The van der Waals surface area contributed by atoms with Crippen LogP contribution < -0.4 is 16.0 Å². The summed E-state index contributed by atoms with van der Waals surface area (Å²) in [5, 5.41) is 8.16. The third-order valence-electron chi connectivity index (χ3n) is 3.49. The summed E-state index contributed by atoms with van der Waals surface area (Å²) in [6.45, 7) is 15.0. The predicted molar refractivity (Wildman–Crippen MR) is 105 cm³/mol. The summed E-state index contributed by atoms with van der Waals surface area (Å²) in [5.41, 5.74) is 1.80. The molecule has 0 saturated heterocycles. The number of carbonyl (C=O) groups is 3. The van der Waals surface area contributed by atoms with E-state index in [4.69, 9.17) is 0 Å². The fraction of sp³-hybridized carbons (Fsp3) is 0.350. The Bertz CT molecular complexity index is 690. The quantitative estimate of drug-likeness (QED) is 0.622. The molecule has 0 aliphatic heterocycles. The third kappa shape index (κ3) is 6.93. The molecule has 3 amide bonds. The number of carbonyl (C=O) groups excluding carboxylic acids is 3. The third-order valence-corrected chi connectivity index (χ3v) is 3.49. The standard InChI is InChI=1S/C20H27N3O3/c1-12(2)7-8-21-20(26)15-9-16(22-18(24)13(3)4)11-17(10-15)23-19(25)14(5)6/h9-12H,3,5,7-8H2,1-2,4,6H3,(H,21,26)(H,22,24)(H,23,25). The monoisotopic (exact) mass is 357 g/mol. The molecule has 1 aromatic rings. The smallest absolute Gasteiger partial charge is 0.251 e. The zero-order valence-electron chi connectivity index (χ0n) is 15.9. The zero-order valence-corrected chi connectivity index (χ0v) is 15.9.